The number of hydrogen-bond acceptors (Lipinski definition) is 7. The highest BCUT2D eigenvalue weighted by molar-refractivity contribution is 6.24. The van der Waals surface area contributed by atoms with E-state index in [1.54, 1.807) is 32.0 Å². The fraction of sp³-hybridized carbons (Fsp3) is 0.333. The zero-order valence-corrected chi connectivity index (χ0v) is 18.3. The predicted molar refractivity (Wildman–Crippen MR) is 119 cm³/mol. The Balaban J connectivity index is 1.63. The number of anilines is 1. The summed E-state index contributed by atoms with van der Waals surface area (Å²) in [7, 11) is 0. The van der Waals surface area contributed by atoms with Gasteiger partial charge in [-0.15, -0.1) is 0 Å². The van der Waals surface area contributed by atoms with Crippen molar-refractivity contribution in [2.45, 2.75) is 32.9 Å². The van der Waals surface area contributed by atoms with Gasteiger partial charge in [0.05, 0.1) is 34.7 Å². The van der Waals surface area contributed by atoms with Gasteiger partial charge in [0.1, 0.15) is 6.04 Å². The lowest BCUT2D eigenvalue weighted by atomic mass is 9.79. The molecule has 3 heterocycles. The van der Waals surface area contributed by atoms with Crippen molar-refractivity contribution in [3.8, 4) is 0 Å². The van der Waals surface area contributed by atoms with Crippen LogP contribution in [0.15, 0.2) is 53.6 Å². The first-order valence-corrected chi connectivity index (χ1v) is 10.7. The summed E-state index contributed by atoms with van der Waals surface area (Å²) in [5.74, 6) is -2.76. The first kappa shape index (κ1) is 21.0. The van der Waals surface area contributed by atoms with Crippen LogP contribution >= 0.6 is 0 Å². The Morgan fingerprint density at radius 1 is 1.00 bits per heavy atom. The van der Waals surface area contributed by atoms with E-state index in [1.165, 1.54) is 24.3 Å². The second-order valence-electron chi connectivity index (χ2n) is 9.59. The van der Waals surface area contributed by atoms with Crippen LogP contribution in [0.3, 0.4) is 0 Å². The number of benzene rings is 2. The van der Waals surface area contributed by atoms with E-state index in [4.69, 9.17) is 0 Å². The number of non-ortho nitro benzene ring substituents is 1. The number of amides is 2. The summed E-state index contributed by atoms with van der Waals surface area (Å²) in [6.07, 6.45) is 1.67. The molecule has 0 aromatic heterocycles. The van der Waals surface area contributed by atoms with Gasteiger partial charge in [0.2, 0.25) is 11.8 Å². The molecular weight excluding hydrogens is 424 g/mol. The molecule has 2 aromatic carbocycles. The SMILES string of the molecule is CC(C)(C)C(=O)[C@H]1[C@H]2C(=O)N(c3ccc([N+](=O)[O-])cc3)C(=O)[C@H]2[C@@H]2c3ccccc3C=NN12. The standard InChI is InChI=1S/C24H22N4O5/c1-24(2,3)21(29)20-18-17(19-16-7-5-4-6-13(16)12-25-27(19)20)22(30)26(23(18)31)14-8-10-15(11-9-14)28(32)33/h4-12,17-20H,1-3H3/t17-,18+,19+,20-/m1/s1. The highest BCUT2D eigenvalue weighted by atomic mass is 16.6. The first-order valence-electron chi connectivity index (χ1n) is 10.7. The second kappa shape index (κ2) is 7.06. The van der Waals surface area contributed by atoms with E-state index in [-0.39, 0.29) is 17.2 Å². The summed E-state index contributed by atoms with van der Waals surface area (Å²) >= 11 is 0. The number of Topliss-reactive ketones (excluding diaryl/α,β-unsaturated/α-hetero) is 1. The number of nitro benzene ring substituents is 1. The quantitative estimate of drug-likeness (QED) is 0.407. The lowest BCUT2D eigenvalue weighted by Crippen LogP contribution is -2.48. The van der Waals surface area contributed by atoms with Crippen molar-refractivity contribution in [1.82, 2.24) is 5.01 Å². The molecule has 2 fully saturated rings. The highest BCUT2D eigenvalue weighted by Gasteiger charge is 2.66. The van der Waals surface area contributed by atoms with Crippen LogP contribution in [0.5, 0.6) is 0 Å². The van der Waals surface area contributed by atoms with E-state index in [9.17, 15) is 24.5 Å². The van der Waals surface area contributed by atoms with Crippen LogP contribution < -0.4 is 4.90 Å². The van der Waals surface area contributed by atoms with E-state index in [0.29, 0.717) is 0 Å². The lowest BCUT2D eigenvalue weighted by molar-refractivity contribution is -0.384. The molecule has 3 aliphatic heterocycles. The normalized spacial score (nSPS) is 25.7. The molecule has 4 atom stereocenters. The van der Waals surface area contributed by atoms with Crippen LogP contribution in [0.1, 0.15) is 37.9 Å². The number of hydrogen-bond donors (Lipinski definition) is 0. The van der Waals surface area contributed by atoms with Crippen LogP contribution in [0.2, 0.25) is 0 Å². The van der Waals surface area contributed by atoms with Gasteiger partial charge in [-0.05, 0) is 23.3 Å². The highest BCUT2D eigenvalue weighted by Crippen LogP contribution is 2.53. The van der Waals surface area contributed by atoms with Gasteiger partial charge in [-0.1, -0.05) is 45.0 Å². The van der Waals surface area contributed by atoms with E-state index < -0.39 is 46.1 Å². The molecule has 9 nitrogen and oxygen atoms in total. The minimum atomic E-state index is -0.896. The molecule has 0 radical (unpaired) electrons. The van der Waals surface area contributed by atoms with E-state index in [1.807, 2.05) is 24.3 Å². The molecule has 9 heteroatoms. The zero-order chi connectivity index (χ0) is 23.7. The minimum absolute atomic E-state index is 0.138. The molecule has 0 bridgehead atoms. The third-order valence-electron chi connectivity index (χ3n) is 6.62. The molecule has 0 spiro atoms. The number of hydrazone groups is 1. The van der Waals surface area contributed by atoms with Crippen molar-refractivity contribution in [1.29, 1.82) is 0 Å². The Labute approximate surface area is 189 Å². The summed E-state index contributed by atoms with van der Waals surface area (Å²) < 4.78 is 0. The smallest absolute Gasteiger partial charge is 0.269 e. The molecule has 5 rings (SSSR count). The van der Waals surface area contributed by atoms with Crippen molar-refractivity contribution >= 4 is 35.2 Å². The molecule has 0 saturated carbocycles. The maximum atomic E-state index is 13.7. The van der Waals surface area contributed by atoms with Gasteiger partial charge in [-0.2, -0.15) is 5.10 Å². The average molecular weight is 446 g/mol. The van der Waals surface area contributed by atoms with Gasteiger partial charge in [-0.25, -0.2) is 4.90 Å². The van der Waals surface area contributed by atoms with Crippen LogP contribution in [0.4, 0.5) is 11.4 Å². The largest absolute Gasteiger partial charge is 0.297 e. The number of carbonyl (C=O) groups is 3. The number of imide groups is 1. The van der Waals surface area contributed by atoms with Crippen molar-refractivity contribution in [3.63, 3.8) is 0 Å². The first-order chi connectivity index (χ1) is 15.6. The summed E-state index contributed by atoms with van der Waals surface area (Å²) in [4.78, 5) is 52.4. The number of rotatable bonds is 3. The van der Waals surface area contributed by atoms with Crippen LogP contribution in [0, 0.1) is 27.4 Å². The molecule has 0 aliphatic carbocycles. The van der Waals surface area contributed by atoms with Gasteiger partial charge in [0.15, 0.2) is 5.78 Å². The molecule has 2 amide bonds. The van der Waals surface area contributed by atoms with Crippen molar-refractivity contribution in [3.05, 3.63) is 69.8 Å². The number of nitrogens with zero attached hydrogens (tertiary/aromatic N) is 4. The van der Waals surface area contributed by atoms with Crippen molar-refractivity contribution in [2.24, 2.45) is 22.4 Å². The molecule has 0 unspecified atom stereocenters. The summed E-state index contributed by atoms with van der Waals surface area (Å²) in [6, 6.07) is 11.4. The molecule has 3 aliphatic rings. The van der Waals surface area contributed by atoms with Gasteiger partial charge in [0, 0.05) is 17.5 Å². The average Bonchev–Trinajstić information content (AvgIpc) is 3.25. The summed E-state index contributed by atoms with van der Waals surface area (Å²) in [5.41, 5.74) is 1.06. The van der Waals surface area contributed by atoms with Gasteiger partial charge >= 0.3 is 0 Å². The second-order valence-corrected chi connectivity index (χ2v) is 9.59. The Hall–Kier alpha value is -3.88. The number of ketones is 1. The van der Waals surface area contributed by atoms with Gasteiger partial charge in [-0.3, -0.25) is 29.5 Å². The zero-order valence-electron chi connectivity index (χ0n) is 18.3. The monoisotopic (exact) mass is 446 g/mol. The molecule has 168 valence electrons. The third-order valence-corrected chi connectivity index (χ3v) is 6.62. The third kappa shape index (κ3) is 2.99. The number of nitro groups is 1. The predicted octanol–water partition coefficient (Wildman–Crippen LogP) is 3.09. The topological polar surface area (TPSA) is 113 Å². The Bertz CT molecular complexity index is 1230. The van der Waals surface area contributed by atoms with Crippen LogP contribution in [-0.2, 0) is 14.4 Å². The summed E-state index contributed by atoms with van der Waals surface area (Å²) in [6.45, 7) is 5.36. The fourth-order valence-electron chi connectivity index (χ4n) is 5.09. The van der Waals surface area contributed by atoms with Gasteiger partial charge < -0.3 is 0 Å². The van der Waals surface area contributed by atoms with E-state index in [2.05, 4.69) is 5.10 Å². The molecule has 0 N–H and O–H groups in total. The van der Waals surface area contributed by atoms with Crippen molar-refractivity contribution in [2.75, 3.05) is 4.90 Å². The van der Waals surface area contributed by atoms with Crippen molar-refractivity contribution < 1.29 is 19.3 Å². The van der Waals surface area contributed by atoms with Crippen LogP contribution in [-0.4, -0.2) is 39.8 Å². The minimum Gasteiger partial charge on any atom is -0.297 e. The molecule has 33 heavy (non-hydrogen) atoms. The van der Waals surface area contributed by atoms with Crippen LogP contribution in [0.25, 0.3) is 0 Å². The fourth-order valence-corrected chi connectivity index (χ4v) is 5.09. The lowest BCUT2D eigenvalue weighted by Gasteiger charge is -2.35. The van der Waals surface area contributed by atoms with E-state index in [0.717, 1.165) is 16.0 Å². The molecular formula is C24H22N4O5. The molecule has 2 saturated heterocycles. The molecule has 2 aromatic rings. The van der Waals surface area contributed by atoms with Gasteiger partial charge in [0.25, 0.3) is 5.69 Å². The number of fused-ring (bicyclic) bond motifs is 5. The van der Waals surface area contributed by atoms with E-state index >= 15 is 0 Å². The Kier molecular flexibility index (Phi) is 4.49. The Morgan fingerprint density at radius 3 is 2.27 bits per heavy atom. The Morgan fingerprint density at radius 2 is 1.64 bits per heavy atom. The maximum absolute atomic E-state index is 13.7. The summed E-state index contributed by atoms with van der Waals surface area (Å²) in [5, 5.41) is 17.2. The maximum Gasteiger partial charge on any atom is 0.269 e. The number of carbonyl (C=O) groups excluding carboxylic acids is 3.